The summed E-state index contributed by atoms with van der Waals surface area (Å²) in [4.78, 5) is 13.2. The van der Waals surface area contributed by atoms with E-state index in [-0.39, 0.29) is 5.69 Å². The fourth-order valence-corrected chi connectivity index (χ4v) is 4.47. The van der Waals surface area contributed by atoms with E-state index in [9.17, 15) is 18.0 Å². The lowest BCUT2D eigenvalue weighted by Crippen LogP contribution is -2.41. The highest BCUT2D eigenvalue weighted by Gasteiger charge is 2.38. The molecule has 0 saturated carbocycles. The Morgan fingerprint density at radius 3 is 2.62 bits per heavy atom. The normalized spacial score (nSPS) is 17.9. The Kier molecular flexibility index (Phi) is 6.00. The number of anilines is 1. The van der Waals surface area contributed by atoms with Crippen LogP contribution in [0.15, 0.2) is 53.7 Å². The van der Waals surface area contributed by atoms with Gasteiger partial charge in [0.25, 0.3) is 0 Å². The molecule has 0 aliphatic carbocycles. The lowest BCUT2D eigenvalue weighted by molar-refractivity contribution is -0.137. The number of amides is 1. The van der Waals surface area contributed by atoms with Crippen molar-refractivity contribution in [3.63, 3.8) is 0 Å². The van der Waals surface area contributed by atoms with Gasteiger partial charge in [-0.15, -0.1) is 10.2 Å². The van der Waals surface area contributed by atoms with E-state index in [1.54, 1.807) is 23.9 Å². The Bertz CT molecular complexity index is 1120. The van der Waals surface area contributed by atoms with Gasteiger partial charge in [-0.25, -0.2) is 4.68 Å². The van der Waals surface area contributed by atoms with Crippen molar-refractivity contribution >= 4 is 23.4 Å². The molecule has 4 rings (SSSR count). The van der Waals surface area contributed by atoms with Crippen molar-refractivity contribution < 1.29 is 22.7 Å². The first-order valence-corrected chi connectivity index (χ1v) is 10.7. The van der Waals surface area contributed by atoms with Gasteiger partial charge in [-0.2, -0.15) is 13.2 Å². The number of alkyl halides is 3. The van der Waals surface area contributed by atoms with Crippen molar-refractivity contribution in [2.24, 2.45) is 0 Å². The second kappa shape index (κ2) is 8.73. The van der Waals surface area contributed by atoms with Gasteiger partial charge < -0.3 is 15.5 Å². The summed E-state index contributed by atoms with van der Waals surface area (Å²) in [6.45, 7) is 1.94. The van der Waals surface area contributed by atoms with E-state index >= 15 is 0 Å². The van der Waals surface area contributed by atoms with E-state index in [2.05, 4.69) is 20.9 Å². The number of halogens is 3. The first kappa shape index (κ1) is 22.0. The van der Waals surface area contributed by atoms with Crippen molar-refractivity contribution in [2.75, 3.05) is 17.9 Å². The quantitative estimate of drug-likeness (QED) is 0.588. The molecule has 3 aromatic rings. The van der Waals surface area contributed by atoms with Gasteiger partial charge in [0, 0.05) is 12.1 Å². The lowest BCUT2D eigenvalue weighted by Gasteiger charge is -2.33. The third kappa shape index (κ3) is 4.38. The van der Waals surface area contributed by atoms with Gasteiger partial charge in [-0.05, 0) is 35.9 Å². The highest BCUT2D eigenvalue weighted by molar-refractivity contribution is 8.00. The van der Waals surface area contributed by atoms with E-state index < -0.39 is 28.9 Å². The summed E-state index contributed by atoms with van der Waals surface area (Å²) in [6.07, 6.45) is -3.86. The minimum Gasteiger partial charge on any atom is -0.497 e. The van der Waals surface area contributed by atoms with Crippen LogP contribution in [-0.4, -0.2) is 33.1 Å². The number of thioether (sulfide) groups is 1. The van der Waals surface area contributed by atoms with Crippen molar-refractivity contribution in [1.29, 1.82) is 0 Å². The number of aromatic nitrogens is 3. The number of hydrogen-bond acceptors (Lipinski definition) is 6. The van der Waals surface area contributed by atoms with Gasteiger partial charge in [-0.1, -0.05) is 36.9 Å². The molecule has 0 radical (unpaired) electrons. The number of nitrogens with zero attached hydrogens (tertiary/aromatic N) is 3. The molecule has 1 aliphatic rings. The summed E-state index contributed by atoms with van der Waals surface area (Å²) in [5.74, 6) is 0.930. The van der Waals surface area contributed by atoms with Gasteiger partial charge in [0.1, 0.15) is 11.0 Å². The molecule has 2 aromatic carbocycles. The molecule has 1 aliphatic heterocycles. The highest BCUT2D eigenvalue weighted by atomic mass is 32.2. The number of fused-ring (bicyclic) bond motifs is 1. The Morgan fingerprint density at radius 2 is 1.97 bits per heavy atom. The smallest absolute Gasteiger partial charge is 0.416 e. The van der Waals surface area contributed by atoms with Crippen LogP contribution in [0.5, 0.6) is 5.75 Å². The van der Waals surface area contributed by atoms with E-state index in [0.717, 1.165) is 17.7 Å². The van der Waals surface area contributed by atoms with Crippen LogP contribution in [0.3, 0.4) is 0 Å². The van der Waals surface area contributed by atoms with Gasteiger partial charge in [-0.3, -0.25) is 4.79 Å². The van der Waals surface area contributed by atoms with E-state index in [0.29, 0.717) is 23.2 Å². The maximum absolute atomic E-state index is 13.2. The molecule has 0 bridgehead atoms. The molecule has 2 heterocycles. The molecule has 2 atom stereocenters. The first-order valence-electron chi connectivity index (χ1n) is 9.79. The molecule has 32 heavy (non-hydrogen) atoms. The first-order chi connectivity index (χ1) is 15.3. The Morgan fingerprint density at radius 1 is 1.22 bits per heavy atom. The van der Waals surface area contributed by atoms with Crippen LogP contribution >= 0.6 is 11.8 Å². The number of benzene rings is 2. The number of carbonyl (C=O) groups is 1. The minimum absolute atomic E-state index is 0.0696. The Labute approximate surface area is 186 Å². The fourth-order valence-electron chi connectivity index (χ4n) is 3.38. The van der Waals surface area contributed by atoms with Crippen LogP contribution in [-0.2, 0) is 17.4 Å². The Hall–Kier alpha value is -3.21. The topological polar surface area (TPSA) is 81.1 Å². The summed E-state index contributed by atoms with van der Waals surface area (Å²) in [6, 6.07) is 11.3. The fraction of sp³-hybridized carbons (Fsp3) is 0.286. The molecule has 11 heteroatoms. The standard InChI is InChI=1S/C21H20F3N5O2S/c1-3-16-26-27-20-29(16)28-17(12-7-9-15(31-2)10-8-12)18(32-20)19(30)25-14-6-4-5-13(11-14)21(22,23)24/h4-11,17-18,28H,3H2,1-2H3,(H,25,30)/t17-,18-/m1/s1. The number of rotatable bonds is 5. The zero-order chi connectivity index (χ0) is 22.9. The summed E-state index contributed by atoms with van der Waals surface area (Å²) < 4.78 is 46.1. The van der Waals surface area contributed by atoms with Crippen molar-refractivity contribution in [3.05, 3.63) is 65.5 Å². The zero-order valence-electron chi connectivity index (χ0n) is 17.2. The van der Waals surface area contributed by atoms with E-state index in [4.69, 9.17) is 4.74 Å². The molecule has 2 N–H and O–H groups in total. The predicted octanol–water partition coefficient (Wildman–Crippen LogP) is 4.27. The zero-order valence-corrected chi connectivity index (χ0v) is 18.0. The van der Waals surface area contributed by atoms with E-state index in [1.165, 1.54) is 23.9 Å². The number of ether oxygens (including phenoxy) is 1. The summed E-state index contributed by atoms with van der Waals surface area (Å²) >= 11 is 1.20. The molecular weight excluding hydrogens is 443 g/mol. The van der Waals surface area contributed by atoms with Gasteiger partial charge >= 0.3 is 6.18 Å². The number of carbonyl (C=O) groups excluding carboxylic acids is 1. The lowest BCUT2D eigenvalue weighted by atomic mass is 10.0. The molecule has 0 spiro atoms. The molecule has 7 nitrogen and oxygen atoms in total. The summed E-state index contributed by atoms with van der Waals surface area (Å²) in [5, 5.41) is 10.7. The van der Waals surface area contributed by atoms with Crippen molar-refractivity contribution in [3.8, 4) is 5.75 Å². The third-order valence-corrected chi connectivity index (χ3v) is 6.23. The number of nitrogens with one attached hydrogen (secondary N) is 2. The van der Waals surface area contributed by atoms with Crippen LogP contribution in [0, 0.1) is 0 Å². The number of methoxy groups -OCH3 is 1. The van der Waals surface area contributed by atoms with Crippen LogP contribution in [0.2, 0.25) is 0 Å². The number of hydrogen-bond donors (Lipinski definition) is 2. The van der Waals surface area contributed by atoms with Crippen molar-refractivity contribution in [1.82, 2.24) is 14.9 Å². The molecule has 168 valence electrons. The van der Waals surface area contributed by atoms with Gasteiger partial charge in [0.2, 0.25) is 11.1 Å². The second-order valence-electron chi connectivity index (χ2n) is 7.07. The molecule has 1 amide bonds. The minimum atomic E-state index is -4.50. The summed E-state index contributed by atoms with van der Waals surface area (Å²) in [7, 11) is 1.56. The SMILES string of the molecule is CCc1nnc2n1N[C@H](c1ccc(OC)cc1)[C@H](C(=O)Nc1cccc(C(F)(F)F)c1)S2. The van der Waals surface area contributed by atoms with Crippen molar-refractivity contribution in [2.45, 2.75) is 36.0 Å². The average molecular weight is 463 g/mol. The monoisotopic (exact) mass is 463 g/mol. The van der Waals surface area contributed by atoms with Gasteiger partial charge in [0.05, 0.1) is 18.7 Å². The number of aryl methyl sites for hydroxylation is 1. The third-order valence-electron chi connectivity index (χ3n) is 5.01. The molecule has 0 unspecified atom stereocenters. The molecule has 0 saturated heterocycles. The van der Waals surface area contributed by atoms with E-state index in [1.807, 2.05) is 19.1 Å². The maximum Gasteiger partial charge on any atom is 0.416 e. The average Bonchev–Trinajstić information content (AvgIpc) is 3.20. The van der Waals surface area contributed by atoms with Crippen LogP contribution in [0.25, 0.3) is 0 Å². The summed E-state index contributed by atoms with van der Waals surface area (Å²) in [5.41, 5.74) is 3.34. The van der Waals surface area contributed by atoms with Gasteiger partial charge in [0.15, 0.2) is 5.82 Å². The molecule has 1 aromatic heterocycles. The highest BCUT2D eigenvalue weighted by Crippen LogP contribution is 2.38. The van der Waals surface area contributed by atoms with Crippen LogP contribution < -0.4 is 15.5 Å². The Balaban J connectivity index is 1.65. The van der Waals surface area contributed by atoms with Crippen LogP contribution in [0.4, 0.5) is 18.9 Å². The molecule has 0 fully saturated rings. The second-order valence-corrected chi connectivity index (χ2v) is 8.18. The largest absolute Gasteiger partial charge is 0.497 e. The molecular formula is C21H20F3N5O2S. The predicted molar refractivity (Wildman–Crippen MR) is 114 cm³/mol. The van der Waals surface area contributed by atoms with Crippen LogP contribution in [0.1, 0.15) is 29.9 Å². The maximum atomic E-state index is 13.2.